The summed E-state index contributed by atoms with van der Waals surface area (Å²) in [5, 5.41) is 5.91. The minimum absolute atomic E-state index is 0.112. The molecule has 1 fully saturated rings. The van der Waals surface area contributed by atoms with E-state index in [4.69, 9.17) is 14.2 Å². The Bertz CT molecular complexity index is 567. The van der Waals surface area contributed by atoms with Crippen molar-refractivity contribution in [2.24, 2.45) is 5.92 Å². The van der Waals surface area contributed by atoms with Crippen molar-refractivity contribution in [2.75, 3.05) is 39.7 Å². The lowest BCUT2D eigenvalue weighted by molar-refractivity contribution is -0.119. The molecule has 7 nitrogen and oxygen atoms in total. The van der Waals surface area contributed by atoms with Gasteiger partial charge >= 0.3 is 5.97 Å². The molecule has 1 aromatic carbocycles. The Morgan fingerprint density at radius 3 is 2.41 bits per heavy atom. The number of rotatable bonds is 5. The fraction of sp³-hybridized carbons (Fsp3) is 0.467. The van der Waals surface area contributed by atoms with Crippen LogP contribution in [0.5, 0.6) is 11.5 Å². The van der Waals surface area contributed by atoms with Gasteiger partial charge in [0.05, 0.1) is 38.5 Å². The molecule has 0 spiro atoms. The van der Waals surface area contributed by atoms with Gasteiger partial charge in [0.2, 0.25) is 5.91 Å². The van der Waals surface area contributed by atoms with E-state index in [1.807, 2.05) is 0 Å². The van der Waals surface area contributed by atoms with Gasteiger partial charge in [0.25, 0.3) is 0 Å². The first-order valence-corrected chi connectivity index (χ1v) is 6.96. The van der Waals surface area contributed by atoms with E-state index in [1.54, 1.807) is 6.07 Å². The maximum absolute atomic E-state index is 12.3. The second-order valence-electron chi connectivity index (χ2n) is 4.92. The van der Waals surface area contributed by atoms with Crippen molar-refractivity contribution in [3.05, 3.63) is 17.7 Å². The summed E-state index contributed by atoms with van der Waals surface area (Å²) in [5.41, 5.74) is 0.570. The topological polar surface area (TPSA) is 85.9 Å². The van der Waals surface area contributed by atoms with Gasteiger partial charge in [-0.2, -0.15) is 0 Å². The third kappa shape index (κ3) is 3.30. The maximum atomic E-state index is 12.3. The molecule has 0 radical (unpaired) electrons. The van der Waals surface area contributed by atoms with E-state index in [0.717, 1.165) is 13.0 Å². The van der Waals surface area contributed by atoms with Crippen LogP contribution in [0.4, 0.5) is 5.69 Å². The molecular formula is C15H20N2O5. The average Bonchev–Trinajstić information content (AvgIpc) is 3.08. The van der Waals surface area contributed by atoms with Crippen LogP contribution < -0.4 is 20.1 Å². The highest BCUT2D eigenvalue weighted by atomic mass is 16.5. The molecule has 2 N–H and O–H groups in total. The summed E-state index contributed by atoms with van der Waals surface area (Å²) in [7, 11) is 4.25. The fourth-order valence-electron chi connectivity index (χ4n) is 2.37. The molecule has 120 valence electrons. The second-order valence-corrected chi connectivity index (χ2v) is 4.92. The van der Waals surface area contributed by atoms with Crippen molar-refractivity contribution in [3.63, 3.8) is 0 Å². The number of hydrogen-bond acceptors (Lipinski definition) is 6. The van der Waals surface area contributed by atoms with Gasteiger partial charge in [0.15, 0.2) is 11.5 Å². The lowest BCUT2D eigenvalue weighted by Gasteiger charge is -2.16. The summed E-state index contributed by atoms with van der Waals surface area (Å²) in [6.45, 7) is 1.44. The third-order valence-corrected chi connectivity index (χ3v) is 3.62. The fourth-order valence-corrected chi connectivity index (χ4v) is 2.37. The van der Waals surface area contributed by atoms with Crippen LogP contribution in [-0.4, -0.2) is 46.3 Å². The maximum Gasteiger partial charge on any atom is 0.340 e. The Hall–Kier alpha value is -2.28. The average molecular weight is 308 g/mol. The molecule has 1 aliphatic heterocycles. The number of esters is 1. The summed E-state index contributed by atoms with van der Waals surface area (Å²) in [6.07, 6.45) is 0.771. The molecular weight excluding hydrogens is 288 g/mol. The number of nitrogens with one attached hydrogen (secondary N) is 2. The van der Waals surface area contributed by atoms with E-state index in [1.165, 1.54) is 27.4 Å². The van der Waals surface area contributed by atoms with Gasteiger partial charge in [-0.3, -0.25) is 4.79 Å². The van der Waals surface area contributed by atoms with Crippen LogP contribution in [0.3, 0.4) is 0 Å². The largest absolute Gasteiger partial charge is 0.493 e. The van der Waals surface area contributed by atoms with Crippen molar-refractivity contribution >= 4 is 17.6 Å². The Kier molecular flexibility index (Phi) is 5.21. The van der Waals surface area contributed by atoms with E-state index in [2.05, 4.69) is 10.6 Å². The number of anilines is 1. The van der Waals surface area contributed by atoms with E-state index in [-0.39, 0.29) is 17.4 Å². The van der Waals surface area contributed by atoms with Crippen LogP contribution in [-0.2, 0) is 9.53 Å². The normalized spacial score (nSPS) is 17.0. The molecule has 1 aliphatic rings. The van der Waals surface area contributed by atoms with Gasteiger partial charge in [0, 0.05) is 18.7 Å². The minimum atomic E-state index is -0.555. The van der Waals surface area contributed by atoms with Crippen molar-refractivity contribution in [3.8, 4) is 11.5 Å². The van der Waals surface area contributed by atoms with Crippen molar-refractivity contribution in [1.29, 1.82) is 0 Å². The Balaban J connectivity index is 2.34. The molecule has 1 atom stereocenters. The highest BCUT2D eigenvalue weighted by Gasteiger charge is 2.25. The Labute approximate surface area is 128 Å². The zero-order valence-corrected chi connectivity index (χ0v) is 12.9. The predicted octanol–water partition coefficient (Wildman–Crippen LogP) is 1.04. The van der Waals surface area contributed by atoms with Crippen LogP contribution >= 0.6 is 0 Å². The van der Waals surface area contributed by atoms with Gasteiger partial charge < -0.3 is 24.8 Å². The smallest absolute Gasteiger partial charge is 0.340 e. The van der Waals surface area contributed by atoms with Crippen molar-refractivity contribution in [2.45, 2.75) is 6.42 Å². The summed E-state index contributed by atoms with van der Waals surface area (Å²) in [4.78, 5) is 24.2. The first kappa shape index (κ1) is 16.1. The van der Waals surface area contributed by atoms with E-state index in [9.17, 15) is 9.59 Å². The Morgan fingerprint density at radius 2 is 1.86 bits per heavy atom. The standard InChI is InChI=1S/C15H20N2O5/c1-20-12-6-10(15(19)22-3)11(7-13(12)21-2)17-14(18)9-4-5-16-8-9/h6-7,9,16H,4-5,8H2,1-3H3,(H,17,18). The highest BCUT2D eigenvalue weighted by Crippen LogP contribution is 2.34. The van der Waals surface area contributed by atoms with Crippen molar-refractivity contribution in [1.82, 2.24) is 5.32 Å². The summed E-state index contributed by atoms with van der Waals surface area (Å²) < 4.78 is 15.1. The van der Waals surface area contributed by atoms with Gasteiger partial charge in [-0.1, -0.05) is 0 Å². The molecule has 1 amide bonds. The molecule has 0 bridgehead atoms. The monoisotopic (exact) mass is 308 g/mol. The SMILES string of the molecule is COC(=O)c1cc(OC)c(OC)cc1NC(=O)C1CCNC1. The van der Waals surface area contributed by atoms with Crippen LogP contribution in [0, 0.1) is 5.92 Å². The molecule has 1 unspecified atom stereocenters. The number of carbonyl (C=O) groups excluding carboxylic acids is 2. The first-order valence-electron chi connectivity index (χ1n) is 6.96. The van der Waals surface area contributed by atoms with Crippen LogP contribution in [0.2, 0.25) is 0 Å². The number of hydrogen-bond donors (Lipinski definition) is 2. The Morgan fingerprint density at radius 1 is 1.18 bits per heavy atom. The quantitative estimate of drug-likeness (QED) is 0.791. The van der Waals surface area contributed by atoms with Gasteiger partial charge in [0.1, 0.15) is 0 Å². The van der Waals surface area contributed by atoms with Gasteiger partial charge in [-0.15, -0.1) is 0 Å². The van der Waals surface area contributed by atoms with Crippen LogP contribution in [0.1, 0.15) is 16.8 Å². The molecule has 22 heavy (non-hydrogen) atoms. The van der Waals surface area contributed by atoms with E-state index in [0.29, 0.717) is 23.7 Å². The van der Waals surface area contributed by atoms with Crippen molar-refractivity contribution < 1.29 is 23.8 Å². The zero-order valence-electron chi connectivity index (χ0n) is 12.9. The number of benzene rings is 1. The lowest BCUT2D eigenvalue weighted by Crippen LogP contribution is -2.25. The van der Waals surface area contributed by atoms with Gasteiger partial charge in [-0.25, -0.2) is 4.79 Å². The number of amides is 1. The molecule has 0 saturated carbocycles. The molecule has 1 aromatic rings. The molecule has 0 aliphatic carbocycles. The van der Waals surface area contributed by atoms with E-state index >= 15 is 0 Å². The molecule has 1 saturated heterocycles. The molecule has 7 heteroatoms. The second kappa shape index (κ2) is 7.13. The zero-order chi connectivity index (χ0) is 16.1. The number of methoxy groups -OCH3 is 3. The summed E-state index contributed by atoms with van der Waals surface area (Å²) in [5.74, 6) is 0.0141. The van der Waals surface area contributed by atoms with E-state index < -0.39 is 5.97 Å². The number of ether oxygens (including phenoxy) is 3. The third-order valence-electron chi connectivity index (χ3n) is 3.62. The molecule has 1 heterocycles. The minimum Gasteiger partial charge on any atom is -0.493 e. The summed E-state index contributed by atoms with van der Waals surface area (Å²) in [6, 6.07) is 3.05. The summed E-state index contributed by atoms with van der Waals surface area (Å²) >= 11 is 0. The lowest BCUT2D eigenvalue weighted by atomic mass is 10.1. The number of carbonyl (C=O) groups is 2. The molecule has 0 aromatic heterocycles. The first-order chi connectivity index (χ1) is 10.6. The highest BCUT2D eigenvalue weighted by molar-refractivity contribution is 6.02. The molecule has 2 rings (SSSR count). The van der Waals surface area contributed by atoms with Crippen LogP contribution in [0.25, 0.3) is 0 Å². The van der Waals surface area contributed by atoms with Gasteiger partial charge in [-0.05, 0) is 13.0 Å². The predicted molar refractivity (Wildman–Crippen MR) is 80.5 cm³/mol. The van der Waals surface area contributed by atoms with Crippen LogP contribution in [0.15, 0.2) is 12.1 Å².